The Bertz CT molecular complexity index is 269. The van der Waals surface area contributed by atoms with Crippen LogP contribution in [0.25, 0.3) is 0 Å². The van der Waals surface area contributed by atoms with E-state index in [4.69, 9.17) is 4.84 Å². The molecule has 0 saturated carbocycles. The predicted octanol–water partition coefficient (Wildman–Crippen LogP) is 5.73. The number of hydroxylamine groups is 1. The highest BCUT2D eigenvalue weighted by molar-refractivity contribution is 4.96. The Morgan fingerprint density at radius 3 is 1.95 bits per heavy atom. The van der Waals surface area contributed by atoms with Gasteiger partial charge in [-0.1, -0.05) is 69.1 Å². The molecule has 0 fully saturated rings. The number of hydrogen-bond donors (Lipinski definition) is 1. The summed E-state index contributed by atoms with van der Waals surface area (Å²) in [4.78, 5) is 5.08. The first kappa shape index (κ1) is 20.1. The summed E-state index contributed by atoms with van der Waals surface area (Å²) in [7, 11) is 1.81. The first-order valence-electron chi connectivity index (χ1n) is 8.65. The molecule has 1 N–H and O–H groups in total. The van der Waals surface area contributed by atoms with E-state index in [-0.39, 0.29) is 0 Å². The van der Waals surface area contributed by atoms with E-state index in [2.05, 4.69) is 48.9 Å². The molecule has 0 aromatic carbocycles. The molecule has 2 nitrogen and oxygen atoms in total. The SMILES string of the molecule is CC/C=C\C/C=C\C/C=C\CCCCCCCCONC. The number of unbranched alkanes of at least 4 members (excludes halogenated alkanes) is 6. The summed E-state index contributed by atoms with van der Waals surface area (Å²) in [5.41, 5.74) is 2.70. The third kappa shape index (κ3) is 19.1. The second-order valence-electron chi connectivity index (χ2n) is 5.26. The van der Waals surface area contributed by atoms with Crippen molar-refractivity contribution in [2.24, 2.45) is 0 Å². The topological polar surface area (TPSA) is 21.3 Å². The molecule has 122 valence electrons. The molecule has 0 aliphatic carbocycles. The van der Waals surface area contributed by atoms with Gasteiger partial charge in [0.1, 0.15) is 0 Å². The smallest absolute Gasteiger partial charge is 0.0682 e. The van der Waals surface area contributed by atoms with Crippen molar-refractivity contribution >= 4 is 0 Å². The van der Waals surface area contributed by atoms with Gasteiger partial charge in [0, 0.05) is 7.05 Å². The minimum absolute atomic E-state index is 0.834. The Balaban J connectivity index is 3.16. The van der Waals surface area contributed by atoms with E-state index in [0.717, 1.165) is 25.9 Å². The Hall–Kier alpha value is -0.860. The van der Waals surface area contributed by atoms with Crippen LogP contribution in [-0.4, -0.2) is 13.7 Å². The van der Waals surface area contributed by atoms with Crippen molar-refractivity contribution in [3.63, 3.8) is 0 Å². The summed E-state index contributed by atoms with van der Waals surface area (Å²) in [6.45, 7) is 3.00. The quantitative estimate of drug-likeness (QED) is 0.236. The Morgan fingerprint density at radius 1 is 0.714 bits per heavy atom. The maximum absolute atomic E-state index is 5.08. The van der Waals surface area contributed by atoms with Crippen LogP contribution in [0.2, 0.25) is 0 Å². The molecule has 0 aromatic heterocycles. The third-order valence-corrected chi connectivity index (χ3v) is 3.29. The maximum atomic E-state index is 5.08. The number of rotatable bonds is 15. The van der Waals surface area contributed by atoms with Crippen LogP contribution in [0, 0.1) is 0 Å². The van der Waals surface area contributed by atoms with E-state index in [0.29, 0.717) is 0 Å². The summed E-state index contributed by atoms with van der Waals surface area (Å²) in [5, 5.41) is 0. The van der Waals surface area contributed by atoms with Gasteiger partial charge in [-0.15, -0.1) is 0 Å². The van der Waals surface area contributed by atoms with E-state index in [9.17, 15) is 0 Å². The van der Waals surface area contributed by atoms with Crippen molar-refractivity contribution in [2.75, 3.05) is 13.7 Å². The van der Waals surface area contributed by atoms with Crippen LogP contribution in [0.15, 0.2) is 36.5 Å². The van der Waals surface area contributed by atoms with Crippen molar-refractivity contribution < 1.29 is 4.84 Å². The molecule has 0 rings (SSSR count). The average molecular weight is 293 g/mol. The van der Waals surface area contributed by atoms with E-state index >= 15 is 0 Å². The standard InChI is InChI=1S/C19H35NO/c1-3-4-5-6-7-8-9-10-11-12-13-14-15-16-17-18-19-21-20-2/h4-5,7-8,10-11,20H,3,6,9,12-19H2,1-2H3/b5-4-,8-7-,11-10-. The van der Waals surface area contributed by atoms with Crippen LogP contribution in [0.5, 0.6) is 0 Å². The third-order valence-electron chi connectivity index (χ3n) is 3.29. The van der Waals surface area contributed by atoms with Gasteiger partial charge in [0.05, 0.1) is 6.61 Å². The zero-order chi connectivity index (χ0) is 15.4. The molecule has 0 aromatic rings. The first-order valence-corrected chi connectivity index (χ1v) is 8.65. The fourth-order valence-corrected chi connectivity index (χ4v) is 2.07. The van der Waals surface area contributed by atoms with Crippen molar-refractivity contribution in [3.05, 3.63) is 36.5 Å². The second kappa shape index (κ2) is 19.1. The largest absolute Gasteiger partial charge is 0.302 e. The van der Waals surface area contributed by atoms with Gasteiger partial charge in [0.25, 0.3) is 0 Å². The van der Waals surface area contributed by atoms with Crippen molar-refractivity contribution in [2.45, 2.75) is 71.1 Å². The van der Waals surface area contributed by atoms with Gasteiger partial charge in [-0.25, -0.2) is 5.48 Å². The lowest BCUT2D eigenvalue weighted by molar-refractivity contribution is 0.0550. The monoisotopic (exact) mass is 293 g/mol. The van der Waals surface area contributed by atoms with E-state index in [1.165, 1.54) is 44.9 Å². The lowest BCUT2D eigenvalue weighted by atomic mass is 10.1. The van der Waals surface area contributed by atoms with Gasteiger partial charge >= 0.3 is 0 Å². The number of nitrogens with one attached hydrogen (secondary N) is 1. The second-order valence-corrected chi connectivity index (χ2v) is 5.26. The van der Waals surface area contributed by atoms with Crippen molar-refractivity contribution in [1.29, 1.82) is 0 Å². The van der Waals surface area contributed by atoms with Gasteiger partial charge in [-0.05, 0) is 38.5 Å². The van der Waals surface area contributed by atoms with Gasteiger partial charge < -0.3 is 4.84 Å². The fourth-order valence-electron chi connectivity index (χ4n) is 2.07. The zero-order valence-corrected chi connectivity index (χ0v) is 14.2. The predicted molar refractivity (Wildman–Crippen MR) is 94.3 cm³/mol. The molecule has 0 bridgehead atoms. The molecular formula is C19H35NO. The lowest BCUT2D eigenvalue weighted by Crippen LogP contribution is -2.07. The van der Waals surface area contributed by atoms with Gasteiger partial charge in [0.2, 0.25) is 0 Å². The van der Waals surface area contributed by atoms with E-state index in [1.807, 2.05) is 7.05 Å². The van der Waals surface area contributed by atoms with Crippen molar-refractivity contribution in [3.8, 4) is 0 Å². The molecule has 21 heavy (non-hydrogen) atoms. The Morgan fingerprint density at radius 2 is 1.29 bits per heavy atom. The summed E-state index contributed by atoms with van der Waals surface area (Å²) >= 11 is 0. The molecule has 0 unspecified atom stereocenters. The molecule has 0 aliphatic heterocycles. The summed E-state index contributed by atoms with van der Waals surface area (Å²) in [5.74, 6) is 0. The number of hydrogen-bond acceptors (Lipinski definition) is 2. The Labute approximate surface area is 132 Å². The van der Waals surface area contributed by atoms with Crippen LogP contribution in [0.3, 0.4) is 0 Å². The van der Waals surface area contributed by atoms with Crippen LogP contribution in [0.1, 0.15) is 71.1 Å². The highest BCUT2D eigenvalue weighted by atomic mass is 16.6. The normalized spacial score (nSPS) is 12.3. The minimum atomic E-state index is 0.834. The van der Waals surface area contributed by atoms with Gasteiger partial charge in [0.15, 0.2) is 0 Å². The molecule has 0 spiro atoms. The average Bonchev–Trinajstić information content (AvgIpc) is 2.50. The highest BCUT2D eigenvalue weighted by Crippen LogP contribution is 2.07. The van der Waals surface area contributed by atoms with E-state index in [1.54, 1.807) is 0 Å². The zero-order valence-electron chi connectivity index (χ0n) is 14.2. The number of allylic oxidation sites excluding steroid dienone is 6. The Kier molecular flexibility index (Phi) is 18.4. The minimum Gasteiger partial charge on any atom is -0.302 e. The molecule has 2 heteroatoms. The summed E-state index contributed by atoms with van der Waals surface area (Å²) in [6.07, 6.45) is 25.9. The molecular weight excluding hydrogens is 258 g/mol. The summed E-state index contributed by atoms with van der Waals surface area (Å²) in [6, 6.07) is 0. The van der Waals surface area contributed by atoms with Crippen LogP contribution in [-0.2, 0) is 4.84 Å². The molecule has 0 saturated heterocycles. The molecule has 0 radical (unpaired) electrons. The molecule has 0 heterocycles. The van der Waals surface area contributed by atoms with Crippen molar-refractivity contribution in [1.82, 2.24) is 5.48 Å². The molecule has 0 aliphatic rings. The lowest BCUT2D eigenvalue weighted by Gasteiger charge is -2.01. The van der Waals surface area contributed by atoms with Gasteiger partial charge in [-0.2, -0.15) is 0 Å². The van der Waals surface area contributed by atoms with Crippen LogP contribution < -0.4 is 5.48 Å². The molecule has 0 atom stereocenters. The highest BCUT2D eigenvalue weighted by Gasteiger charge is 1.90. The van der Waals surface area contributed by atoms with E-state index < -0.39 is 0 Å². The summed E-state index contributed by atoms with van der Waals surface area (Å²) < 4.78 is 0. The maximum Gasteiger partial charge on any atom is 0.0682 e. The van der Waals surface area contributed by atoms with Crippen LogP contribution in [0.4, 0.5) is 0 Å². The van der Waals surface area contributed by atoms with Crippen LogP contribution >= 0.6 is 0 Å². The molecule has 0 amide bonds. The van der Waals surface area contributed by atoms with Gasteiger partial charge in [-0.3, -0.25) is 0 Å². The first-order chi connectivity index (χ1) is 10.4. The fraction of sp³-hybridized carbons (Fsp3) is 0.684.